The average molecular weight is 348 g/mol. The van der Waals surface area contributed by atoms with Gasteiger partial charge in [0.05, 0.1) is 13.1 Å². The molecule has 0 bridgehead atoms. The summed E-state index contributed by atoms with van der Waals surface area (Å²) >= 11 is 3.94. The molecule has 0 spiro atoms. The second kappa shape index (κ2) is 10.8. The van der Waals surface area contributed by atoms with Gasteiger partial charge in [-0.05, 0) is 12.3 Å². The fourth-order valence-corrected chi connectivity index (χ4v) is 1.93. The number of nitrogens with two attached hydrogens (primary N) is 1. The quantitative estimate of drug-likeness (QED) is 0.254. The van der Waals surface area contributed by atoms with Crippen LogP contribution >= 0.6 is 12.6 Å². The lowest BCUT2D eigenvalue weighted by atomic mass is 10.0. The highest BCUT2D eigenvalue weighted by molar-refractivity contribution is 7.80. The molecule has 0 aliphatic rings. The fraction of sp³-hybridized carbons (Fsp3) is 0.692. The van der Waals surface area contributed by atoms with Crippen molar-refractivity contribution in [2.45, 2.75) is 32.4 Å². The van der Waals surface area contributed by atoms with E-state index in [0.29, 0.717) is 0 Å². The summed E-state index contributed by atoms with van der Waals surface area (Å²) in [5.41, 5.74) is 5.13. The van der Waals surface area contributed by atoms with Crippen molar-refractivity contribution in [3.8, 4) is 0 Å². The van der Waals surface area contributed by atoms with Crippen molar-refractivity contribution in [3.63, 3.8) is 0 Å². The predicted octanol–water partition coefficient (Wildman–Crippen LogP) is -1.91. The lowest BCUT2D eigenvalue weighted by Crippen LogP contribution is -2.52. The Morgan fingerprint density at radius 2 is 1.65 bits per heavy atom. The molecule has 0 aliphatic carbocycles. The molecule has 0 aromatic heterocycles. The molecule has 9 nitrogen and oxygen atoms in total. The maximum atomic E-state index is 11.8. The van der Waals surface area contributed by atoms with E-state index in [1.807, 2.05) is 13.8 Å². The van der Waals surface area contributed by atoms with Crippen molar-refractivity contribution in [2.75, 3.05) is 18.8 Å². The van der Waals surface area contributed by atoms with Crippen molar-refractivity contribution >= 4 is 36.3 Å². The number of amides is 3. The first kappa shape index (κ1) is 21.2. The summed E-state index contributed by atoms with van der Waals surface area (Å²) in [6.07, 6.45) is 0.279. The summed E-state index contributed by atoms with van der Waals surface area (Å²) < 4.78 is 0. The molecule has 0 saturated heterocycles. The van der Waals surface area contributed by atoms with Gasteiger partial charge in [0.1, 0.15) is 12.1 Å². The molecule has 0 rings (SSSR count). The number of carboxylic acid groups (broad SMARTS) is 1. The Morgan fingerprint density at radius 1 is 1.09 bits per heavy atom. The first-order valence-corrected chi connectivity index (χ1v) is 7.74. The number of rotatable bonds is 10. The van der Waals surface area contributed by atoms with E-state index in [0.717, 1.165) is 0 Å². The van der Waals surface area contributed by atoms with Gasteiger partial charge in [0.2, 0.25) is 17.7 Å². The Balaban J connectivity index is 4.42. The van der Waals surface area contributed by atoms with Crippen LogP contribution in [-0.2, 0) is 19.2 Å². The highest BCUT2D eigenvalue weighted by atomic mass is 32.1. The number of thiol groups is 1. The summed E-state index contributed by atoms with van der Waals surface area (Å²) in [4.78, 5) is 45.7. The predicted molar refractivity (Wildman–Crippen MR) is 86.9 cm³/mol. The van der Waals surface area contributed by atoms with Crippen LogP contribution in [0.25, 0.3) is 0 Å². The molecule has 3 amide bonds. The zero-order valence-electron chi connectivity index (χ0n) is 13.2. The summed E-state index contributed by atoms with van der Waals surface area (Å²) in [7, 11) is 0. The van der Waals surface area contributed by atoms with Crippen LogP contribution in [0, 0.1) is 5.92 Å². The van der Waals surface area contributed by atoms with Gasteiger partial charge in [-0.15, -0.1) is 0 Å². The number of carboxylic acids is 1. The van der Waals surface area contributed by atoms with Gasteiger partial charge in [0.25, 0.3) is 0 Å². The Hall–Kier alpha value is -1.81. The average Bonchev–Trinajstić information content (AvgIpc) is 2.48. The van der Waals surface area contributed by atoms with E-state index in [1.54, 1.807) is 0 Å². The maximum Gasteiger partial charge on any atom is 0.326 e. The molecule has 0 aromatic carbocycles. The topological polar surface area (TPSA) is 151 Å². The monoisotopic (exact) mass is 348 g/mol. The van der Waals surface area contributed by atoms with Gasteiger partial charge in [-0.1, -0.05) is 13.8 Å². The third-order valence-corrected chi connectivity index (χ3v) is 3.15. The smallest absolute Gasteiger partial charge is 0.326 e. The number of aliphatic carboxylic acids is 1. The van der Waals surface area contributed by atoms with E-state index in [2.05, 4.69) is 28.6 Å². The number of nitrogens with one attached hydrogen (secondary N) is 3. The van der Waals surface area contributed by atoms with Crippen LogP contribution in [0.2, 0.25) is 0 Å². The zero-order valence-corrected chi connectivity index (χ0v) is 14.1. The maximum absolute atomic E-state index is 11.8. The molecule has 0 fully saturated rings. The second-order valence-electron chi connectivity index (χ2n) is 5.31. The van der Waals surface area contributed by atoms with Crippen molar-refractivity contribution in [1.29, 1.82) is 0 Å². The van der Waals surface area contributed by atoms with Crippen LogP contribution in [-0.4, -0.2) is 59.7 Å². The molecule has 23 heavy (non-hydrogen) atoms. The molecule has 0 saturated carbocycles. The SMILES string of the molecule is CC(C)CC(NC(=O)CNC(=O)C(CS)NC(=O)CN)C(=O)O. The van der Waals surface area contributed by atoms with E-state index in [1.165, 1.54) is 0 Å². The van der Waals surface area contributed by atoms with Gasteiger partial charge >= 0.3 is 5.97 Å². The van der Waals surface area contributed by atoms with Gasteiger partial charge < -0.3 is 26.8 Å². The van der Waals surface area contributed by atoms with Crippen molar-refractivity contribution in [1.82, 2.24) is 16.0 Å². The number of hydrogen-bond acceptors (Lipinski definition) is 6. The Labute approximate surface area is 140 Å². The van der Waals surface area contributed by atoms with Gasteiger partial charge in [-0.2, -0.15) is 12.6 Å². The molecule has 6 N–H and O–H groups in total. The minimum Gasteiger partial charge on any atom is -0.480 e. The van der Waals surface area contributed by atoms with Gasteiger partial charge in [-0.25, -0.2) is 4.79 Å². The van der Waals surface area contributed by atoms with Crippen LogP contribution < -0.4 is 21.7 Å². The second-order valence-corrected chi connectivity index (χ2v) is 5.68. The molecule has 0 radical (unpaired) electrons. The van der Waals surface area contributed by atoms with E-state index < -0.39 is 42.3 Å². The Bertz CT molecular complexity index is 444. The lowest BCUT2D eigenvalue weighted by molar-refractivity contribution is -0.142. The van der Waals surface area contributed by atoms with Gasteiger partial charge in [0.15, 0.2) is 0 Å². The van der Waals surface area contributed by atoms with Crippen LogP contribution in [0.5, 0.6) is 0 Å². The number of carbonyl (C=O) groups is 4. The minimum absolute atomic E-state index is 0.0320. The van der Waals surface area contributed by atoms with E-state index in [9.17, 15) is 19.2 Å². The van der Waals surface area contributed by atoms with Crippen LogP contribution in [0.4, 0.5) is 0 Å². The third-order valence-electron chi connectivity index (χ3n) is 2.78. The van der Waals surface area contributed by atoms with Crippen LogP contribution in [0.3, 0.4) is 0 Å². The molecule has 2 atom stereocenters. The van der Waals surface area contributed by atoms with Crippen molar-refractivity contribution in [2.24, 2.45) is 11.7 Å². The molecule has 0 aromatic rings. The van der Waals surface area contributed by atoms with Gasteiger partial charge in [-0.3, -0.25) is 14.4 Å². The summed E-state index contributed by atoms with van der Waals surface area (Å²) in [5, 5.41) is 16.0. The van der Waals surface area contributed by atoms with Crippen molar-refractivity contribution in [3.05, 3.63) is 0 Å². The molecule has 0 heterocycles. The summed E-state index contributed by atoms with van der Waals surface area (Å²) in [6, 6.07) is -1.94. The standard InChI is InChI=1S/C13H24N4O5S/c1-7(2)3-8(13(21)22)16-11(19)5-15-12(20)9(6-23)17-10(18)4-14/h7-9,23H,3-6,14H2,1-2H3,(H,15,20)(H,16,19)(H,17,18)(H,21,22). The van der Waals surface area contributed by atoms with Crippen molar-refractivity contribution < 1.29 is 24.3 Å². The number of carbonyl (C=O) groups excluding carboxylic acids is 3. The highest BCUT2D eigenvalue weighted by Gasteiger charge is 2.23. The number of hydrogen-bond donors (Lipinski definition) is 6. The molecule has 2 unspecified atom stereocenters. The largest absolute Gasteiger partial charge is 0.480 e. The van der Waals surface area contributed by atoms with Crippen LogP contribution in [0.1, 0.15) is 20.3 Å². The van der Waals surface area contributed by atoms with Crippen LogP contribution in [0.15, 0.2) is 0 Å². The molecule has 0 aliphatic heterocycles. The first-order chi connectivity index (χ1) is 10.7. The zero-order chi connectivity index (χ0) is 18.0. The molecule has 10 heteroatoms. The normalized spacial score (nSPS) is 13.1. The molecular weight excluding hydrogens is 324 g/mol. The molecule has 132 valence electrons. The Morgan fingerprint density at radius 3 is 2.09 bits per heavy atom. The Kier molecular flexibility index (Phi) is 9.99. The van der Waals surface area contributed by atoms with E-state index >= 15 is 0 Å². The van der Waals surface area contributed by atoms with Gasteiger partial charge in [0, 0.05) is 5.75 Å². The first-order valence-electron chi connectivity index (χ1n) is 7.11. The summed E-state index contributed by atoms with van der Waals surface area (Å²) in [5.74, 6) is -2.77. The third kappa shape index (κ3) is 9.04. The fourth-order valence-electron chi connectivity index (χ4n) is 1.68. The summed E-state index contributed by atoms with van der Waals surface area (Å²) in [6.45, 7) is 3.00. The highest BCUT2D eigenvalue weighted by Crippen LogP contribution is 2.04. The molecular formula is C13H24N4O5S. The van der Waals surface area contributed by atoms with E-state index in [-0.39, 0.29) is 24.6 Å². The lowest BCUT2D eigenvalue weighted by Gasteiger charge is -2.18. The van der Waals surface area contributed by atoms with E-state index in [4.69, 9.17) is 10.8 Å². The minimum atomic E-state index is -1.14.